The summed E-state index contributed by atoms with van der Waals surface area (Å²) in [6, 6.07) is 6.95. The lowest BCUT2D eigenvalue weighted by atomic mass is 9.93. The number of nitrogens with zero attached hydrogens (tertiary/aromatic N) is 3. The van der Waals surface area contributed by atoms with Crippen LogP contribution >= 0.6 is 0 Å². The smallest absolute Gasteiger partial charge is 0.138 e. The molecule has 0 spiro atoms. The highest BCUT2D eigenvalue weighted by atomic mass is 19.1. The summed E-state index contributed by atoms with van der Waals surface area (Å²) in [5, 5.41) is 7.54. The van der Waals surface area contributed by atoms with Crippen molar-refractivity contribution in [1.82, 2.24) is 20.1 Å². The maximum Gasteiger partial charge on any atom is 0.138 e. The van der Waals surface area contributed by atoms with E-state index in [4.69, 9.17) is 0 Å². The van der Waals surface area contributed by atoms with Gasteiger partial charge in [0.2, 0.25) is 0 Å². The first-order chi connectivity index (χ1) is 9.87. The van der Waals surface area contributed by atoms with Crippen molar-refractivity contribution < 1.29 is 4.39 Å². The Labute approximate surface area is 125 Å². The Bertz CT molecular complexity index is 586. The molecule has 0 fully saturated rings. The highest BCUT2D eigenvalue weighted by Crippen LogP contribution is 2.23. The van der Waals surface area contributed by atoms with E-state index in [9.17, 15) is 4.39 Å². The second-order valence-corrected chi connectivity index (χ2v) is 6.35. The number of nitrogens with one attached hydrogen (secondary N) is 1. The Kier molecular flexibility index (Phi) is 4.73. The number of aromatic nitrogens is 3. The second-order valence-electron chi connectivity index (χ2n) is 6.35. The van der Waals surface area contributed by atoms with Gasteiger partial charge in [0.05, 0.1) is 0 Å². The molecule has 0 aliphatic heterocycles. The Hall–Kier alpha value is -1.75. The number of halogens is 1. The highest BCUT2D eigenvalue weighted by molar-refractivity contribution is 5.23. The van der Waals surface area contributed by atoms with Gasteiger partial charge in [-0.1, -0.05) is 18.2 Å². The third-order valence-corrected chi connectivity index (χ3v) is 3.46. The minimum Gasteiger partial charge on any atom is -0.311 e. The zero-order valence-corrected chi connectivity index (χ0v) is 13.1. The molecule has 4 nitrogen and oxygen atoms in total. The summed E-state index contributed by atoms with van der Waals surface area (Å²) in [7, 11) is 1.86. The first-order valence-corrected chi connectivity index (χ1v) is 7.19. The summed E-state index contributed by atoms with van der Waals surface area (Å²) in [6.07, 6.45) is 2.19. The lowest BCUT2D eigenvalue weighted by Crippen LogP contribution is -2.39. The van der Waals surface area contributed by atoms with Gasteiger partial charge in [-0.2, -0.15) is 5.10 Å². The molecule has 1 heterocycles. The van der Waals surface area contributed by atoms with Crippen LogP contribution in [0.3, 0.4) is 0 Å². The minimum atomic E-state index is -0.166. The van der Waals surface area contributed by atoms with Crippen LogP contribution in [0.15, 0.2) is 30.6 Å². The van der Waals surface area contributed by atoms with E-state index in [0.29, 0.717) is 13.0 Å². The van der Waals surface area contributed by atoms with E-state index in [-0.39, 0.29) is 17.3 Å². The SMILES string of the molecule is Cn1ncnc1CC(CNC(C)(C)C)c1ccccc1F. The lowest BCUT2D eigenvalue weighted by molar-refractivity contribution is 0.397. The molecule has 1 aromatic heterocycles. The molecule has 2 aromatic rings. The first kappa shape index (κ1) is 15.6. The Morgan fingerprint density at radius 2 is 2.00 bits per heavy atom. The molecular formula is C16H23FN4. The highest BCUT2D eigenvalue weighted by Gasteiger charge is 2.20. The number of hydrogen-bond donors (Lipinski definition) is 1. The van der Waals surface area contributed by atoms with Crippen LogP contribution in [0.2, 0.25) is 0 Å². The molecule has 0 saturated heterocycles. The zero-order valence-electron chi connectivity index (χ0n) is 13.1. The molecule has 0 aliphatic rings. The van der Waals surface area contributed by atoms with Crippen LogP contribution in [0.1, 0.15) is 38.1 Å². The van der Waals surface area contributed by atoms with Crippen LogP contribution < -0.4 is 5.32 Å². The third kappa shape index (κ3) is 4.36. The lowest BCUT2D eigenvalue weighted by Gasteiger charge is -2.25. The van der Waals surface area contributed by atoms with Gasteiger partial charge in [-0.3, -0.25) is 4.68 Å². The van der Waals surface area contributed by atoms with E-state index in [1.807, 2.05) is 19.2 Å². The van der Waals surface area contributed by atoms with Gasteiger partial charge in [0.25, 0.3) is 0 Å². The number of hydrogen-bond acceptors (Lipinski definition) is 3. The first-order valence-electron chi connectivity index (χ1n) is 7.19. The maximum absolute atomic E-state index is 14.1. The fourth-order valence-electron chi connectivity index (χ4n) is 2.25. The summed E-state index contributed by atoms with van der Waals surface area (Å²) < 4.78 is 15.9. The van der Waals surface area contributed by atoms with Gasteiger partial charge >= 0.3 is 0 Å². The largest absolute Gasteiger partial charge is 0.311 e. The predicted octanol–water partition coefficient (Wildman–Crippen LogP) is 2.67. The monoisotopic (exact) mass is 290 g/mol. The van der Waals surface area contributed by atoms with Crippen molar-refractivity contribution in [1.29, 1.82) is 0 Å². The number of aryl methyl sites for hydroxylation is 1. The molecule has 0 radical (unpaired) electrons. The fraction of sp³-hybridized carbons (Fsp3) is 0.500. The Morgan fingerprint density at radius 1 is 1.29 bits per heavy atom. The van der Waals surface area contributed by atoms with Crippen LogP contribution in [0.5, 0.6) is 0 Å². The molecule has 2 rings (SSSR count). The molecule has 0 amide bonds. The van der Waals surface area contributed by atoms with E-state index in [1.165, 1.54) is 12.4 Å². The third-order valence-electron chi connectivity index (χ3n) is 3.46. The van der Waals surface area contributed by atoms with Crippen LogP contribution in [-0.4, -0.2) is 26.8 Å². The second kappa shape index (κ2) is 6.35. The Morgan fingerprint density at radius 3 is 2.57 bits per heavy atom. The van der Waals surface area contributed by atoms with Crippen molar-refractivity contribution in [3.05, 3.63) is 47.8 Å². The molecule has 0 aliphatic carbocycles. The molecular weight excluding hydrogens is 267 g/mol. The molecule has 0 bridgehead atoms. The summed E-state index contributed by atoms with van der Waals surface area (Å²) in [5.74, 6) is 0.715. The molecule has 1 unspecified atom stereocenters. The molecule has 1 N–H and O–H groups in total. The van der Waals surface area contributed by atoms with E-state index in [0.717, 1.165) is 11.4 Å². The van der Waals surface area contributed by atoms with Gasteiger partial charge in [0.15, 0.2) is 0 Å². The quantitative estimate of drug-likeness (QED) is 0.920. The van der Waals surface area contributed by atoms with E-state index < -0.39 is 0 Å². The van der Waals surface area contributed by atoms with Gasteiger partial charge in [0.1, 0.15) is 18.0 Å². The summed E-state index contributed by atoms with van der Waals surface area (Å²) >= 11 is 0. The van der Waals surface area contributed by atoms with Crippen LogP contribution in [0, 0.1) is 5.82 Å². The molecule has 1 atom stereocenters. The Balaban J connectivity index is 2.22. The number of rotatable bonds is 5. The van der Waals surface area contributed by atoms with Gasteiger partial charge in [-0.05, 0) is 32.4 Å². The molecule has 5 heteroatoms. The summed E-state index contributed by atoms with van der Waals surface area (Å²) in [6.45, 7) is 7.01. The van der Waals surface area contributed by atoms with Gasteiger partial charge in [-0.15, -0.1) is 0 Å². The minimum absolute atomic E-state index is 0.0105. The van der Waals surface area contributed by atoms with E-state index >= 15 is 0 Å². The zero-order chi connectivity index (χ0) is 15.5. The average molecular weight is 290 g/mol. The van der Waals surface area contributed by atoms with Crippen molar-refractivity contribution in [2.45, 2.75) is 38.6 Å². The molecule has 0 saturated carbocycles. The fourth-order valence-corrected chi connectivity index (χ4v) is 2.25. The van der Waals surface area contributed by atoms with Crippen LogP contribution in [-0.2, 0) is 13.5 Å². The summed E-state index contributed by atoms with van der Waals surface area (Å²) in [5.41, 5.74) is 0.709. The van der Waals surface area contributed by atoms with Gasteiger partial charge in [0, 0.05) is 31.5 Å². The standard InChI is InChI=1S/C16H23FN4/c1-16(2,3)19-10-12(9-15-18-11-20-21(15)4)13-7-5-6-8-14(13)17/h5-8,11-12,19H,9-10H2,1-4H3. The molecule has 114 valence electrons. The normalized spacial score (nSPS) is 13.4. The van der Waals surface area contributed by atoms with Crippen molar-refractivity contribution in [3.63, 3.8) is 0 Å². The van der Waals surface area contributed by atoms with Crippen molar-refractivity contribution in [3.8, 4) is 0 Å². The van der Waals surface area contributed by atoms with Crippen molar-refractivity contribution in [2.24, 2.45) is 7.05 Å². The summed E-state index contributed by atoms with van der Waals surface area (Å²) in [4.78, 5) is 4.26. The maximum atomic E-state index is 14.1. The number of benzene rings is 1. The van der Waals surface area contributed by atoms with E-state index in [1.54, 1.807) is 10.7 Å². The topological polar surface area (TPSA) is 42.7 Å². The van der Waals surface area contributed by atoms with E-state index in [2.05, 4.69) is 36.2 Å². The van der Waals surface area contributed by atoms with Gasteiger partial charge in [-0.25, -0.2) is 9.37 Å². The van der Waals surface area contributed by atoms with Crippen LogP contribution in [0.25, 0.3) is 0 Å². The molecule has 21 heavy (non-hydrogen) atoms. The average Bonchev–Trinajstić information content (AvgIpc) is 2.80. The predicted molar refractivity (Wildman–Crippen MR) is 81.6 cm³/mol. The molecule has 1 aromatic carbocycles. The van der Waals surface area contributed by atoms with Crippen LogP contribution in [0.4, 0.5) is 4.39 Å². The van der Waals surface area contributed by atoms with Gasteiger partial charge < -0.3 is 5.32 Å². The van der Waals surface area contributed by atoms with Crippen molar-refractivity contribution in [2.75, 3.05) is 6.54 Å². The van der Waals surface area contributed by atoms with Crippen molar-refractivity contribution >= 4 is 0 Å².